The maximum absolute atomic E-state index is 13.9. The molecule has 0 radical (unpaired) electrons. The third kappa shape index (κ3) is 6.57. The molecule has 2 amide bonds. The molecular formula is C29H35N3O4S. The first-order valence-corrected chi connectivity index (χ1v) is 13.7. The number of hydrogen-bond donors (Lipinski definition) is 1. The Bertz CT molecular complexity index is 1340. The lowest BCUT2D eigenvalue weighted by atomic mass is 10.1. The van der Waals surface area contributed by atoms with E-state index in [9.17, 15) is 18.0 Å². The van der Waals surface area contributed by atoms with Gasteiger partial charge in [0.15, 0.2) is 0 Å². The van der Waals surface area contributed by atoms with Crippen LogP contribution < -0.4 is 9.62 Å². The molecule has 3 aromatic rings. The van der Waals surface area contributed by atoms with Crippen LogP contribution >= 0.6 is 0 Å². The molecular weight excluding hydrogens is 486 g/mol. The number of carbonyl (C=O) groups excluding carboxylic acids is 2. The Morgan fingerprint density at radius 3 is 2.16 bits per heavy atom. The van der Waals surface area contributed by atoms with Crippen LogP contribution in [0.1, 0.15) is 29.2 Å². The molecule has 196 valence electrons. The molecule has 37 heavy (non-hydrogen) atoms. The fourth-order valence-corrected chi connectivity index (χ4v) is 5.61. The average molecular weight is 522 g/mol. The molecule has 3 rings (SSSR count). The van der Waals surface area contributed by atoms with Gasteiger partial charge in [0.25, 0.3) is 10.0 Å². The van der Waals surface area contributed by atoms with Gasteiger partial charge in [0, 0.05) is 13.6 Å². The predicted molar refractivity (Wildman–Crippen MR) is 147 cm³/mol. The molecule has 7 nitrogen and oxygen atoms in total. The van der Waals surface area contributed by atoms with Crippen molar-refractivity contribution in [3.8, 4) is 0 Å². The van der Waals surface area contributed by atoms with Crippen molar-refractivity contribution in [2.24, 2.45) is 0 Å². The van der Waals surface area contributed by atoms with E-state index in [-0.39, 0.29) is 17.3 Å². The Labute approximate surface area is 220 Å². The number of anilines is 1. The van der Waals surface area contributed by atoms with E-state index < -0.39 is 28.5 Å². The number of likely N-dealkylation sites (N-methyl/N-ethyl adjacent to an activating group) is 1. The van der Waals surface area contributed by atoms with E-state index in [0.29, 0.717) is 12.1 Å². The second kappa shape index (κ2) is 12.1. The molecule has 0 heterocycles. The number of carbonyl (C=O) groups is 2. The highest BCUT2D eigenvalue weighted by molar-refractivity contribution is 7.92. The van der Waals surface area contributed by atoms with Gasteiger partial charge in [-0.25, -0.2) is 8.42 Å². The Hall–Kier alpha value is -3.65. The van der Waals surface area contributed by atoms with Gasteiger partial charge in [-0.1, -0.05) is 60.2 Å². The Kier molecular flexibility index (Phi) is 9.10. The van der Waals surface area contributed by atoms with Gasteiger partial charge in [0.1, 0.15) is 12.6 Å². The molecule has 1 atom stereocenters. The normalized spacial score (nSPS) is 12.0. The van der Waals surface area contributed by atoms with Gasteiger partial charge in [-0.3, -0.25) is 13.9 Å². The lowest BCUT2D eigenvalue weighted by Crippen LogP contribution is -2.51. The molecule has 0 aliphatic heterocycles. The highest BCUT2D eigenvalue weighted by Gasteiger charge is 2.32. The van der Waals surface area contributed by atoms with Crippen LogP contribution in [-0.2, 0) is 26.0 Å². The summed E-state index contributed by atoms with van der Waals surface area (Å²) >= 11 is 0. The van der Waals surface area contributed by atoms with Gasteiger partial charge in [-0.2, -0.15) is 0 Å². The first kappa shape index (κ1) is 27.9. The van der Waals surface area contributed by atoms with E-state index in [2.05, 4.69) is 5.32 Å². The molecule has 0 fully saturated rings. The monoisotopic (exact) mass is 521 g/mol. The van der Waals surface area contributed by atoms with Crippen LogP contribution in [0, 0.1) is 20.8 Å². The van der Waals surface area contributed by atoms with Crippen LogP contribution in [0.15, 0.2) is 77.7 Å². The zero-order valence-electron chi connectivity index (χ0n) is 22.1. The molecule has 0 aliphatic rings. The Morgan fingerprint density at radius 1 is 0.892 bits per heavy atom. The molecule has 8 heteroatoms. The molecule has 3 aromatic carbocycles. The lowest BCUT2D eigenvalue weighted by molar-refractivity contribution is -0.138. The first-order chi connectivity index (χ1) is 17.6. The summed E-state index contributed by atoms with van der Waals surface area (Å²) in [6.07, 6.45) is 0.530. The molecule has 0 bridgehead atoms. The van der Waals surface area contributed by atoms with Crippen molar-refractivity contribution in [1.29, 1.82) is 0 Å². The minimum Gasteiger partial charge on any atom is -0.357 e. The zero-order valence-corrected chi connectivity index (χ0v) is 22.9. The second-order valence-corrected chi connectivity index (χ2v) is 11.0. The van der Waals surface area contributed by atoms with E-state index >= 15 is 0 Å². The van der Waals surface area contributed by atoms with Crippen molar-refractivity contribution in [1.82, 2.24) is 10.2 Å². The molecule has 0 aromatic heterocycles. The highest BCUT2D eigenvalue weighted by Crippen LogP contribution is 2.29. The van der Waals surface area contributed by atoms with Crippen LogP contribution in [-0.4, -0.2) is 51.3 Å². The summed E-state index contributed by atoms with van der Waals surface area (Å²) in [5.41, 5.74) is 4.06. The molecule has 0 saturated carbocycles. The highest BCUT2D eigenvalue weighted by atomic mass is 32.2. The third-order valence-corrected chi connectivity index (χ3v) is 8.40. The lowest BCUT2D eigenvalue weighted by Gasteiger charge is -2.32. The summed E-state index contributed by atoms with van der Waals surface area (Å²) in [6.45, 7) is 7.11. The standard InChI is InChI=1S/C29H35N3O4S/c1-21-14-16-26(17-15-21)37(35,36)32(27-13-9-10-22(2)23(27)3)20-28(33)31(24(4)29(34)30-5)19-18-25-11-7-6-8-12-25/h6-17,24H,18-20H2,1-5H3,(H,30,34). The summed E-state index contributed by atoms with van der Waals surface area (Å²) in [5.74, 6) is -0.773. The van der Waals surface area contributed by atoms with Crippen molar-refractivity contribution in [3.63, 3.8) is 0 Å². The van der Waals surface area contributed by atoms with E-state index in [1.165, 1.54) is 11.9 Å². The van der Waals surface area contributed by atoms with E-state index in [1.807, 2.05) is 57.2 Å². The zero-order chi connectivity index (χ0) is 27.2. The molecule has 1 N–H and O–H groups in total. The number of aryl methyl sites for hydroxylation is 2. The van der Waals surface area contributed by atoms with Gasteiger partial charge < -0.3 is 10.2 Å². The minimum absolute atomic E-state index is 0.0991. The van der Waals surface area contributed by atoms with Crippen LogP contribution in [0.3, 0.4) is 0 Å². The number of nitrogens with zero attached hydrogens (tertiary/aromatic N) is 2. The van der Waals surface area contributed by atoms with Crippen molar-refractivity contribution < 1.29 is 18.0 Å². The molecule has 0 saturated heterocycles. The summed E-state index contributed by atoms with van der Waals surface area (Å²) in [7, 11) is -2.56. The van der Waals surface area contributed by atoms with Gasteiger partial charge in [-0.15, -0.1) is 0 Å². The fraction of sp³-hybridized carbons (Fsp3) is 0.310. The topological polar surface area (TPSA) is 86.8 Å². The number of nitrogens with one attached hydrogen (secondary N) is 1. The van der Waals surface area contributed by atoms with Crippen LogP contribution in [0.2, 0.25) is 0 Å². The first-order valence-electron chi connectivity index (χ1n) is 12.3. The summed E-state index contributed by atoms with van der Waals surface area (Å²) in [4.78, 5) is 27.9. The quantitative estimate of drug-likeness (QED) is 0.437. The number of sulfonamides is 1. The SMILES string of the molecule is CNC(=O)C(C)N(CCc1ccccc1)C(=O)CN(c1cccc(C)c1C)S(=O)(=O)c1ccc(C)cc1. The summed E-state index contributed by atoms with van der Waals surface area (Å²) < 4.78 is 28.9. The maximum atomic E-state index is 13.9. The maximum Gasteiger partial charge on any atom is 0.264 e. The van der Waals surface area contributed by atoms with Gasteiger partial charge >= 0.3 is 0 Å². The van der Waals surface area contributed by atoms with Crippen LogP contribution in [0.5, 0.6) is 0 Å². The predicted octanol–water partition coefficient (Wildman–Crippen LogP) is 4.01. The summed E-state index contributed by atoms with van der Waals surface area (Å²) in [6, 6.07) is 20.8. The second-order valence-electron chi connectivity index (χ2n) is 9.16. The number of hydrogen-bond acceptors (Lipinski definition) is 4. The Balaban J connectivity index is 2.02. The van der Waals surface area contributed by atoms with Crippen molar-refractivity contribution >= 4 is 27.5 Å². The number of amides is 2. The van der Waals surface area contributed by atoms with Crippen molar-refractivity contribution in [3.05, 3.63) is 95.1 Å². The van der Waals surface area contributed by atoms with Crippen molar-refractivity contribution in [2.75, 3.05) is 24.4 Å². The van der Waals surface area contributed by atoms with Crippen molar-refractivity contribution in [2.45, 2.75) is 45.1 Å². The van der Waals surface area contributed by atoms with Gasteiger partial charge in [0.05, 0.1) is 10.6 Å². The number of benzene rings is 3. The van der Waals surface area contributed by atoms with E-state index in [0.717, 1.165) is 26.6 Å². The number of rotatable bonds is 10. The van der Waals surface area contributed by atoms with E-state index in [4.69, 9.17) is 0 Å². The minimum atomic E-state index is -4.07. The molecule has 1 unspecified atom stereocenters. The average Bonchev–Trinajstić information content (AvgIpc) is 2.89. The van der Waals surface area contributed by atoms with Gasteiger partial charge in [0.2, 0.25) is 11.8 Å². The fourth-order valence-electron chi connectivity index (χ4n) is 4.14. The smallest absolute Gasteiger partial charge is 0.264 e. The largest absolute Gasteiger partial charge is 0.357 e. The van der Waals surface area contributed by atoms with Crippen LogP contribution in [0.25, 0.3) is 0 Å². The molecule has 0 spiro atoms. The van der Waals surface area contributed by atoms with Gasteiger partial charge in [-0.05, 0) is 69.0 Å². The molecule has 0 aliphatic carbocycles. The Morgan fingerprint density at radius 2 is 1.54 bits per heavy atom. The van der Waals surface area contributed by atoms with E-state index in [1.54, 1.807) is 43.3 Å². The summed E-state index contributed by atoms with van der Waals surface area (Å²) in [5, 5.41) is 2.60. The van der Waals surface area contributed by atoms with Crippen LogP contribution in [0.4, 0.5) is 5.69 Å². The third-order valence-electron chi connectivity index (χ3n) is 6.63.